The largest absolute Gasteiger partial charge is 0.361 e. The van der Waals surface area contributed by atoms with Gasteiger partial charge in [-0.3, -0.25) is 0 Å². The van der Waals surface area contributed by atoms with Crippen molar-refractivity contribution in [3.63, 3.8) is 0 Å². The van der Waals surface area contributed by atoms with Crippen LogP contribution in [0.1, 0.15) is 48.3 Å². The predicted molar refractivity (Wildman–Crippen MR) is 75.0 cm³/mol. The molecule has 0 aliphatic heterocycles. The van der Waals surface area contributed by atoms with Crippen LogP contribution in [0, 0.1) is 6.92 Å². The van der Waals surface area contributed by atoms with Crippen molar-refractivity contribution < 1.29 is 0 Å². The standard InChI is InChI=1S/C13H18N4S/c1-8(2)11-5-12(16-7-15-11)17-10(4)13-14-6-9(3)18-13/h5-8,10H,1-4H3,(H,15,16,17). The monoisotopic (exact) mass is 262 g/mol. The lowest BCUT2D eigenvalue weighted by Crippen LogP contribution is -2.08. The number of hydrogen-bond acceptors (Lipinski definition) is 5. The van der Waals surface area contributed by atoms with Gasteiger partial charge in [0.05, 0.1) is 6.04 Å². The zero-order valence-corrected chi connectivity index (χ0v) is 12.0. The van der Waals surface area contributed by atoms with Crippen molar-refractivity contribution in [1.82, 2.24) is 15.0 Å². The van der Waals surface area contributed by atoms with Crippen LogP contribution in [0.4, 0.5) is 5.82 Å². The van der Waals surface area contributed by atoms with Gasteiger partial charge < -0.3 is 5.32 Å². The summed E-state index contributed by atoms with van der Waals surface area (Å²) in [5.41, 5.74) is 1.05. The second-order valence-electron chi connectivity index (χ2n) is 4.66. The Morgan fingerprint density at radius 1 is 1.17 bits per heavy atom. The van der Waals surface area contributed by atoms with Crippen molar-refractivity contribution in [3.05, 3.63) is 34.2 Å². The van der Waals surface area contributed by atoms with Gasteiger partial charge in [0.25, 0.3) is 0 Å². The molecule has 2 heterocycles. The molecule has 0 amide bonds. The first-order valence-electron chi connectivity index (χ1n) is 6.07. The van der Waals surface area contributed by atoms with E-state index in [0.717, 1.165) is 16.5 Å². The molecule has 2 aromatic heterocycles. The molecule has 1 unspecified atom stereocenters. The Bertz CT molecular complexity index is 521. The lowest BCUT2D eigenvalue weighted by Gasteiger charge is -2.13. The van der Waals surface area contributed by atoms with Gasteiger partial charge in [-0.2, -0.15) is 0 Å². The molecule has 0 fully saturated rings. The van der Waals surface area contributed by atoms with Crippen LogP contribution in [0.15, 0.2) is 18.6 Å². The maximum absolute atomic E-state index is 4.38. The Kier molecular flexibility index (Phi) is 3.91. The van der Waals surface area contributed by atoms with E-state index in [0.29, 0.717) is 5.92 Å². The van der Waals surface area contributed by atoms with Gasteiger partial charge in [0.15, 0.2) is 0 Å². The van der Waals surface area contributed by atoms with Crippen molar-refractivity contribution in [2.45, 2.75) is 39.7 Å². The molecule has 0 radical (unpaired) electrons. The first-order chi connectivity index (χ1) is 8.56. The van der Waals surface area contributed by atoms with Crippen molar-refractivity contribution in [3.8, 4) is 0 Å². The van der Waals surface area contributed by atoms with E-state index < -0.39 is 0 Å². The van der Waals surface area contributed by atoms with Crippen LogP contribution in [0.2, 0.25) is 0 Å². The second kappa shape index (κ2) is 5.44. The van der Waals surface area contributed by atoms with Crippen LogP contribution in [0.3, 0.4) is 0 Å². The molecule has 18 heavy (non-hydrogen) atoms. The lowest BCUT2D eigenvalue weighted by molar-refractivity contribution is 0.805. The van der Waals surface area contributed by atoms with Gasteiger partial charge in [-0.25, -0.2) is 15.0 Å². The maximum atomic E-state index is 4.38. The van der Waals surface area contributed by atoms with Crippen LogP contribution in [0.5, 0.6) is 0 Å². The minimum absolute atomic E-state index is 0.165. The Hall–Kier alpha value is -1.49. The maximum Gasteiger partial charge on any atom is 0.130 e. The molecule has 1 atom stereocenters. The second-order valence-corrected chi connectivity index (χ2v) is 5.92. The normalized spacial score (nSPS) is 12.7. The number of aryl methyl sites for hydroxylation is 1. The summed E-state index contributed by atoms with van der Waals surface area (Å²) in [5, 5.41) is 4.44. The van der Waals surface area contributed by atoms with Gasteiger partial charge in [0.2, 0.25) is 0 Å². The number of rotatable bonds is 4. The van der Waals surface area contributed by atoms with Crippen LogP contribution >= 0.6 is 11.3 Å². The van der Waals surface area contributed by atoms with Crippen molar-refractivity contribution in [2.75, 3.05) is 5.32 Å². The number of hydrogen-bond donors (Lipinski definition) is 1. The van der Waals surface area contributed by atoms with E-state index in [1.807, 2.05) is 12.3 Å². The molecule has 4 nitrogen and oxygen atoms in total. The van der Waals surface area contributed by atoms with Gasteiger partial charge in [-0.1, -0.05) is 13.8 Å². The fraction of sp³-hybridized carbons (Fsp3) is 0.462. The number of nitrogens with zero attached hydrogens (tertiary/aromatic N) is 3. The minimum Gasteiger partial charge on any atom is -0.361 e. The van der Waals surface area contributed by atoms with Gasteiger partial charge in [-0.15, -0.1) is 11.3 Å². The summed E-state index contributed by atoms with van der Waals surface area (Å²) >= 11 is 1.71. The van der Waals surface area contributed by atoms with E-state index >= 15 is 0 Å². The molecule has 2 rings (SSSR count). The van der Waals surface area contributed by atoms with Gasteiger partial charge in [0.1, 0.15) is 17.2 Å². The summed E-state index contributed by atoms with van der Waals surface area (Å²) in [6.07, 6.45) is 3.51. The molecule has 0 aromatic carbocycles. The Labute approximate surface area is 112 Å². The highest BCUT2D eigenvalue weighted by molar-refractivity contribution is 7.11. The summed E-state index contributed by atoms with van der Waals surface area (Å²) in [6.45, 7) is 8.41. The van der Waals surface area contributed by atoms with Gasteiger partial charge in [0, 0.05) is 22.8 Å². The molecule has 0 saturated heterocycles. The number of anilines is 1. The van der Waals surface area contributed by atoms with E-state index in [4.69, 9.17) is 0 Å². The third-order valence-electron chi connectivity index (χ3n) is 2.65. The number of nitrogens with one attached hydrogen (secondary N) is 1. The summed E-state index contributed by atoms with van der Waals surface area (Å²) < 4.78 is 0. The van der Waals surface area contributed by atoms with Crippen molar-refractivity contribution in [1.29, 1.82) is 0 Å². The fourth-order valence-corrected chi connectivity index (χ4v) is 2.40. The average Bonchev–Trinajstić information content (AvgIpc) is 2.76. The molecule has 0 aliphatic rings. The fourth-order valence-electron chi connectivity index (χ4n) is 1.62. The van der Waals surface area contributed by atoms with Crippen LogP contribution in [0.25, 0.3) is 0 Å². The van der Waals surface area contributed by atoms with Crippen LogP contribution < -0.4 is 5.32 Å². The SMILES string of the molecule is Cc1cnc(C(C)Nc2cc(C(C)C)ncn2)s1. The van der Waals surface area contributed by atoms with Gasteiger partial charge >= 0.3 is 0 Å². The number of aromatic nitrogens is 3. The van der Waals surface area contributed by atoms with Crippen molar-refractivity contribution in [2.24, 2.45) is 0 Å². The van der Waals surface area contributed by atoms with E-state index in [2.05, 4.69) is 48.0 Å². The highest BCUT2D eigenvalue weighted by atomic mass is 32.1. The van der Waals surface area contributed by atoms with E-state index in [1.54, 1.807) is 17.7 Å². The molecule has 0 bridgehead atoms. The van der Waals surface area contributed by atoms with Crippen molar-refractivity contribution >= 4 is 17.2 Å². The van der Waals surface area contributed by atoms with E-state index in [1.165, 1.54) is 4.88 Å². The highest BCUT2D eigenvalue weighted by Gasteiger charge is 2.11. The zero-order chi connectivity index (χ0) is 13.1. The summed E-state index contributed by atoms with van der Waals surface area (Å²) in [4.78, 5) is 14.1. The summed E-state index contributed by atoms with van der Waals surface area (Å²) in [7, 11) is 0. The first-order valence-corrected chi connectivity index (χ1v) is 6.88. The smallest absolute Gasteiger partial charge is 0.130 e. The Morgan fingerprint density at radius 2 is 1.94 bits per heavy atom. The summed E-state index contributed by atoms with van der Waals surface area (Å²) in [5.74, 6) is 1.26. The zero-order valence-electron chi connectivity index (χ0n) is 11.1. The summed E-state index contributed by atoms with van der Waals surface area (Å²) in [6, 6.07) is 2.17. The van der Waals surface area contributed by atoms with E-state index in [9.17, 15) is 0 Å². The van der Waals surface area contributed by atoms with Crippen LogP contribution in [-0.4, -0.2) is 15.0 Å². The molecular weight excluding hydrogens is 244 g/mol. The molecular formula is C13H18N4S. The van der Waals surface area contributed by atoms with Crippen LogP contribution in [-0.2, 0) is 0 Å². The van der Waals surface area contributed by atoms with Gasteiger partial charge in [-0.05, 0) is 19.8 Å². The molecule has 0 spiro atoms. The topological polar surface area (TPSA) is 50.7 Å². The molecule has 0 saturated carbocycles. The quantitative estimate of drug-likeness (QED) is 0.915. The number of thiazole rings is 1. The molecule has 5 heteroatoms. The third-order valence-corrected chi connectivity index (χ3v) is 3.75. The molecule has 2 aromatic rings. The molecule has 1 N–H and O–H groups in total. The predicted octanol–water partition coefficient (Wildman–Crippen LogP) is 3.54. The third kappa shape index (κ3) is 3.04. The average molecular weight is 262 g/mol. The molecule has 96 valence electrons. The van der Waals surface area contributed by atoms with E-state index in [-0.39, 0.29) is 6.04 Å². The lowest BCUT2D eigenvalue weighted by atomic mass is 10.1. The first kappa shape index (κ1) is 13.0. The Morgan fingerprint density at radius 3 is 2.56 bits per heavy atom. The highest BCUT2D eigenvalue weighted by Crippen LogP contribution is 2.23. The Balaban J connectivity index is 2.11. The molecule has 0 aliphatic carbocycles. The minimum atomic E-state index is 0.165.